The number of fused-ring (bicyclic) bond motifs is 1. The van der Waals surface area contributed by atoms with Crippen molar-refractivity contribution in [1.82, 2.24) is 9.88 Å². The zero-order valence-corrected chi connectivity index (χ0v) is 15.6. The van der Waals surface area contributed by atoms with Crippen LogP contribution in [0.4, 0.5) is 4.39 Å². The molecule has 144 valence electrons. The molecular weight excluding hydrogens is 359 g/mol. The second-order valence-electron chi connectivity index (χ2n) is 6.65. The third-order valence-corrected chi connectivity index (χ3v) is 4.97. The van der Waals surface area contributed by atoms with E-state index in [1.165, 1.54) is 12.1 Å². The molecule has 4 rings (SSSR count). The fraction of sp³-hybridized carbons (Fsp3) is 0.227. The summed E-state index contributed by atoms with van der Waals surface area (Å²) >= 11 is 0. The normalized spacial score (nSPS) is 14.1. The van der Waals surface area contributed by atoms with Gasteiger partial charge in [0.25, 0.3) is 5.91 Å². The van der Waals surface area contributed by atoms with Crippen LogP contribution in [-0.4, -0.2) is 42.6 Å². The lowest BCUT2D eigenvalue weighted by Crippen LogP contribution is -2.37. The highest BCUT2D eigenvalue weighted by molar-refractivity contribution is 5.93. The van der Waals surface area contributed by atoms with Gasteiger partial charge >= 0.3 is 0 Å². The molecule has 0 bridgehead atoms. The van der Waals surface area contributed by atoms with E-state index in [-0.39, 0.29) is 18.3 Å². The third kappa shape index (κ3) is 3.58. The van der Waals surface area contributed by atoms with Crippen molar-refractivity contribution in [2.45, 2.75) is 6.42 Å². The Balaban J connectivity index is 1.41. The number of nitrogens with one attached hydrogen (secondary N) is 1. The Kier molecular flexibility index (Phi) is 5.02. The average Bonchev–Trinajstić information content (AvgIpc) is 3.15. The van der Waals surface area contributed by atoms with Crippen molar-refractivity contribution in [1.29, 1.82) is 0 Å². The summed E-state index contributed by atoms with van der Waals surface area (Å²) < 4.78 is 24.2. The number of H-pyrrole nitrogens is 1. The van der Waals surface area contributed by atoms with Gasteiger partial charge in [0.05, 0.1) is 7.11 Å². The highest BCUT2D eigenvalue weighted by atomic mass is 19.1. The molecule has 2 aromatic carbocycles. The van der Waals surface area contributed by atoms with E-state index in [0.29, 0.717) is 24.6 Å². The average molecular weight is 380 g/mol. The van der Waals surface area contributed by atoms with Gasteiger partial charge in [-0.3, -0.25) is 4.79 Å². The van der Waals surface area contributed by atoms with Crippen LogP contribution in [-0.2, 0) is 4.79 Å². The number of aromatic amines is 1. The Bertz CT molecular complexity index is 1040. The number of halogens is 1. The molecule has 1 aromatic heterocycles. The molecule has 0 atom stereocenters. The monoisotopic (exact) mass is 380 g/mol. The maximum absolute atomic E-state index is 13.4. The smallest absolute Gasteiger partial charge is 0.260 e. The van der Waals surface area contributed by atoms with Crippen LogP contribution >= 0.6 is 0 Å². The zero-order valence-electron chi connectivity index (χ0n) is 15.6. The van der Waals surface area contributed by atoms with Gasteiger partial charge in [-0.05, 0) is 42.3 Å². The van der Waals surface area contributed by atoms with Crippen molar-refractivity contribution in [2.75, 3.05) is 26.8 Å². The van der Waals surface area contributed by atoms with Crippen LogP contribution < -0.4 is 9.47 Å². The molecule has 0 fully saturated rings. The molecule has 3 aromatic rings. The van der Waals surface area contributed by atoms with Gasteiger partial charge in [0.1, 0.15) is 5.82 Å². The summed E-state index contributed by atoms with van der Waals surface area (Å²) in [4.78, 5) is 17.4. The number of para-hydroxylation sites is 2. The molecular formula is C22H21FN2O3. The lowest BCUT2D eigenvalue weighted by molar-refractivity contribution is -0.132. The number of hydrogen-bond donors (Lipinski definition) is 1. The number of nitrogens with zero attached hydrogens (tertiary/aromatic N) is 1. The summed E-state index contributed by atoms with van der Waals surface area (Å²) in [5, 5.41) is 0.993. The molecule has 1 amide bonds. The van der Waals surface area contributed by atoms with Crippen molar-refractivity contribution >= 4 is 22.4 Å². The summed E-state index contributed by atoms with van der Waals surface area (Å²) in [6, 6.07) is 12.0. The number of carbonyl (C=O) groups is 1. The standard InChI is InChI=1S/C22H21FN2O3/c1-27-20-4-2-3-5-21(20)28-14-22(26)25-10-8-15(9-11-25)18-13-24-19-12-16(23)6-7-17(18)19/h2-8,12-13,24H,9-11,14H2,1H3. The molecule has 0 unspecified atom stereocenters. The molecule has 1 aliphatic heterocycles. The fourth-order valence-electron chi connectivity index (χ4n) is 3.47. The Hall–Kier alpha value is -3.28. The quantitative estimate of drug-likeness (QED) is 0.728. The van der Waals surface area contributed by atoms with E-state index in [1.807, 2.05) is 18.3 Å². The third-order valence-electron chi connectivity index (χ3n) is 4.97. The van der Waals surface area contributed by atoms with Crippen LogP contribution in [0.15, 0.2) is 54.7 Å². The number of rotatable bonds is 5. The molecule has 0 saturated carbocycles. The topological polar surface area (TPSA) is 54.6 Å². The summed E-state index contributed by atoms with van der Waals surface area (Å²) in [7, 11) is 1.57. The molecule has 0 aliphatic carbocycles. The van der Waals surface area contributed by atoms with Crippen molar-refractivity contribution in [2.24, 2.45) is 0 Å². The van der Waals surface area contributed by atoms with Crippen LogP contribution in [0.5, 0.6) is 11.5 Å². The first kappa shape index (κ1) is 18.1. The predicted molar refractivity (Wildman–Crippen MR) is 106 cm³/mol. The SMILES string of the molecule is COc1ccccc1OCC(=O)N1CC=C(c2c[nH]c3cc(F)ccc23)CC1. The van der Waals surface area contributed by atoms with Gasteiger partial charge in [-0.25, -0.2) is 4.39 Å². The molecule has 28 heavy (non-hydrogen) atoms. The molecule has 5 nitrogen and oxygen atoms in total. The number of aromatic nitrogens is 1. The van der Waals surface area contributed by atoms with Crippen molar-refractivity contribution in [3.63, 3.8) is 0 Å². The molecule has 1 N–H and O–H groups in total. The highest BCUT2D eigenvalue weighted by Crippen LogP contribution is 2.30. The van der Waals surface area contributed by atoms with E-state index in [4.69, 9.17) is 9.47 Å². The molecule has 0 spiro atoms. The van der Waals surface area contributed by atoms with Crippen LogP contribution in [0.2, 0.25) is 0 Å². The van der Waals surface area contributed by atoms with Gasteiger partial charge in [0.2, 0.25) is 0 Å². The van der Waals surface area contributed by atoms with Gasteiger partial charge in [0.15, 0.2) is 18.1 Å². The number of benzene rings is 2. The summed E-state index contributed by atoms with van der Waals surface area (Å²) in [6.07, 6.45) is 4.69. The second-order valence-corrected chi connectivity index (χ2v) is 6.65. The van der Waals surface area contributed by atoms with Crippen LogP contribution in [0.3, 0.4) is 0 Å². The van der Waals surface area contributed by atoms with Crippen LogP contribution in [0.25, 0.3) is 16.5 Å². The van der Waals surface area contributed by atoms with Crippen LogP contribution in [0, 0.1) is 5.82 Å². The summed E-state index contributed by atoms with van der Waals surface area (Å²) in [5.74, 6) is 0.831. The van der Waals surface area contributed by atoms with E-state index in [1.54, 1.807) is 30.2 Å². The van der Waals surface area contributed by atoms with E-state index in [9.17, 15) is 9.18 Å². The number of methoxy groups -OCH3 is 1. The minimum Gasteiger partial charge on any atom is -0.493 e. The minimum absolute atomic E-state index is 0.0318. The number of hydrogen-bond acceptors (Lipinski definition) is 3. The van der Waals surface area contributed by atoms with E-state index >= 15 is 0 Å². The number of ether oxygens (including phenoxy) is 2. The molecule has 1 aliphatic rings. The highest BCUT2D eigenvalue weighted by Gasteiger charge is 2.20. The fourth-order valence-corrected chi connectivity index (χ4v) is 3.47. The Morgan fingerprint density at radius 2 is 2.04 bits per heavy atom. The van der Waals surface area contributed by atoms with Crippen molar-refractivity contribution in [3.8, 4) is 11.5 Å². The van der Waals surface area contributed by atoms with Gasteiger partial charge in [-0.15, -0.1) is 0 Å². The zero-order chi connectivity index (χ0) is 19.5. The first-order valence-electron chi connectivity index (χ1n) is 9.15. The van der Waals surface area contributed by atoms with E-state index in [0.717, 1.165) is 28.5 Å². The minimum atomic E-state index is -0.259. The summed E-state index contributed by atoms with van der Waals surface area (Å²) in [5.41, 5.74) is 3.00. The van der Waals surface area contributed by atoms with Gasteiger partial charge in [-0.1, -0.05) is 18.2 Å². The van der Waals surface area contributed by atoms with Gasteiger partial charge in [0, 0.05) is 35.8 Å². The Labute approximate surface area is 162 Å². The summed E-state index contributed by atoms with van der Waals surface area (Å²) in [6.45, 7) is 1.11. The molecule has 6 heteroatoms. The van der Waals surface area contributed by atoms with Gasteiger partial charge in [-0.2, -0.15) is 0 Å². The largest absolute Gasteiger partial charge is 0.493 e. The van der Waals surface area contributed by atoms with Gasteiger partial charge < -0.3 is 19.4 Å². The molecule has 0 radical (unpaired) electrons. The lowest BCUT2D eigenvalue weighted by Gasteiger charge is -2.26. The van der Waals surface area contributed by atoms with E-state index in [2.05, 4.69) is 11.1 Å². The number of amides is 1. The maximum atomic E-state index is 13.4. The first-order valence-corrected chi connectivity index (χ1v) is 9.15. The first-order chi connectivity index (χ1) is 13.7. The van der Waals surface area contributed by atoms with Crippen molar-refractivity contribution in [3.05, 3.63) is 66.1 Å². The molecule has 2 heterocycles. The van der Waals surface area contributed by atoms with E-state index < -0.39 is 0 Å². The van der Waals surface area contributed by atoms with Crippen molar-refractivity contribution < 1.29 is 18.7 Å². The molecule has 0 saturated heterocycles. The van der Waals surface area contributed by atoms with Crippen LogP contribution in [0.1, 0.15) is 12.0 Å². The Morgan fingerprint density at radius 3 is 2.79 bits per heavy atom. The second kappa shape index (κ2) is 7.76. The predicted octanol–water partition coefficient (Wildman–Crippen LogP) is 4.01. The number of carbonyl (C=O) groups excluding carboxylic acids is 1. The Morgan fingerprint density at radius 1 is 1.21 bits per heavy atom. The lowest BCUT2D eigenvalue weighted by atomic mass is 9.99. The maximum Gasteiger partial charge on any atom is 0.260 e.